The van der Waals surface area contributed by atoms with Crippen LogP contribution in [0.5, 0.6) is 5.75 Å². The van der Waals surface area contributed by atoms with Crippen molar-refractivity contribution in [1.82, 2.24) is 4.90 Å². The molecule has 0 bridgehead atoms. The number of halogens is 1. The lowest BCUT2D eigenvalue weighted by molar-refractivity contribution is 0.261. The summed E-state index contributed by atoms with van der Waals surface area (Å²) in [6.07, 6.45) is 0. The van der Waals surface area contributed by atoms with Gasteiger partial charge < -0.3 is 15.4 Å². The number of nitrogens with zero attached hydrogens (tertiary/aromatic N) is 1. The first-order valence-electron chi connectivity index (χ1n) is 5.33. The molecule has 90 valence electrons. The van der Waals surface area contributed by atoms with E-state index in [9.17, 15) is 0 Å². The third kappa shape index (κ3) is 4.12. The average Bonchev–Trinajstić information content (AvgIpc) is 2.16. The summed E-state index contributed by atoms with van der Waals surface area (Å²) in [5, 5.41) is 0. The molecular formula is C12H19BrN2O. The molecule has 0 saturated heterocycles. The first-order valence-corrected chi connectivity index (χ1v) is 6.12. The molecule has 0 aliphatic heterocycles. The minimum absolute atomic E-state index is 0.0326. The average molecular weight is 287 g/mol. The van der Waals surface area contributed by atoms with Gasteiger partial charge in [0.15, 0.2) is 0 Å². The van der Waals surface area contributed by atoms with Gasteiger partial charge in [-0.25, -0.2) is 0 Å². The van der Waals surface area contributed by atoms with Gasteiger partial charge in [0.1, 0.15) is 12.4 Å². The van der Waals surface area contributed by atoms with Gasteiger partial charge in [0.05, 0.1) is 0 Å². The van der Waals surface area contributed by atoms with Crippen molar-refractivity contribution >= 4 is 15.9 Å². The second kappa shape index (κ2) is 6.23. The molecule has 0 radical (unpaired) electrons. The van der Waals surface area contributed by atoms with E-state index >= 15 is 0 Å². The topological polar surface area (TPSA) is 38.5 Å². The van der Waals surface area contributed by atoms with Crippen LogP contribution in [0.1, 0.15) is 18.5 Å². The third-order valence-corrected chi connectivity index (χ3v) is 2.96. The lowest BCUT2D eigenvalue weighted by Gasteiger charge is -2.13. The molecule has 0 saturated carbocycles. The highest BCUT2D eigenvalue weighted by Gasteiger charge is 2.06. The van der Waals surface area contributed by atoms with Gasteiger partial charge in [-0.2, -0.15) is 0 Å². The van der Waals surface area contributed by atoms with Crippen LogP contribution in [0.15, 0.2) is 22.7 Å². The Bertz CT molecular complexity index is 340. The molecule has 1 aromatic carbocycles. The van der Waals surface area contributed by atoms with Crippen LogP contribution in [0.4, 0.5) is 0 Å². The van der Waals surface area contributed by atoms with Crippen molar-refractivity contribution in [2.24, 2.45) is 5.73 Å². The minimum atomic E-state index is 0.0326. The summed E-state index contributed by atoms with van der Waals surface area (Å²) in [7, 11) is 4.05. The summed E-state index contributed by atoms with van der Waals surface area (Å²) >= 11 is 3.50. The monoisotopic (exact) mass is 286 g/mol. The summed E-state index contributed by atoms with van der Waals surface area (Å²) < 4.78 is 6.62. The zero-order valence-electron chi connectivity index (χ0n) is 10.0. The number of rotatable bonds is 5. The quantitative estimate of drug-likeness (QED) is 0.904. The van der Waals surface area contributed by atoms with E-state index in [2.05, 4.69) is 20.8 Å². The maximum Gasteiger partial charge on any atom is 0.120 e. The molecule has 1 atom stereocenters. The molecule has 0 aliphatic rings. The summed E-state index contributed by atoms with van der Waals surface area (Å²) in [5.41, 5.74) is 6.92. The Morgan fingerprint density at radius 1 is 1.44 bits per heavy atom. The maximum absolute atomic E-state index is 5.83. The number of hydrogen-bond acceptors (Lipinski definition) is 3. The minimum Gasteiger partial charge on any atom is -0.492 e. The largest absolute Gasteiger partial charge is 0.492 e. The van der Waals surface area contributed by atoms with E-state index in [1.807, 2.05) is 39.2 Å². The Morgan fingerprint density at radius 3 is 2.62 bits per heavy atom. The van der Waals surface area contributed by atoms with E-state index in [-0.39, 0.29) is 6.04 Å². The van der Waals surface area contributed by atoms with E-state index in [4.69, 9.17) is 10.5 Å². The Hall–Kier alpha value is -0.580. The molecule has 0 aliphatic carbocycles. The van der Waals surface area contributed by atoms with Crippen molar-refractivity contribution in [2.75, 3.05) is 27.2 Å². The standard InChI is InChI=1S/C12H19BrN2O/c1-9(14)11-5-4-10(8-12(11)13)16-7-6-15(2)3/h4-5,8-9H,6-7,14H2,1-3H3/t9-/m1/s1. The van der Waals surface area contributed by atoms with E-state index in [0.29, 0.717) is 6.61 Å². The summed E-state index contributed by atoms with van der Waals surface area (Å²) in [4.78, 5) is 2.09. The van der Waals surface area contributed by atoms with Gasteiger partial charge in [-0.3, -0.25) is 0 Å². The molecule has 0 aromatic heterocycles. The van der Waals surface area contributed by atoms with Gasteiger partial charge in [0, 0.05) is 17.1 Å². The predicted octanol–water partition coefficient (Wildman–Crippen LogP) is 2.41. The fourth-order valence-electron chi connectivity index (χ4n) is 1.31. The van der Waals surface area contributed by atoms with Crippen molar-refractivity contribution < 1.29 is 4.74 Å². The van der Waals surface area contributed by atoms with Crippen LogP contribution in [0.25, 0.3) is 0 Å². The van der Waals surface area contributed by atoms with Crippen molar-refractivity contribution in [1.29, 1.82) is 0 Å². The Balaban J connectivity index is 2.59. The fraction of sp³-hybridized carbons (Fsp3) is 0.500. The van der Waals surface area contributed by atoms with Crippen LogP contribution in [0, 0.1) is 0 Å². The van der Waals surface area contributed by atoms with E-state index in [1.165, 1.54) is 0 Å². The molecule has 4 heteroatoms. The predicted molar refractivity (Wildman–Crippen MR) is 70.8 cm³/mol. The van der Waals surface area contributed by atoms with Crippen LogP contribution in [-0.2, 0) is 0 Å². The van der Waals surface area contributed by atoms with Gasteiger partial charge in [0.25, 0.3) is 0 Å². The van der Waals surface area contributed by atoms with Gasteiger partial charge in [-0.05, 0) is 38.7 Å². The normalized spacial score (nSPS) is 12.9. The van der Waals surface area contributed by atoms with Crippen molar-refractivity contribution in [2.45, 2.75) is 13.0 Å². The first-order chi connectivity index (χ1) is 7.50. The van der Waals surface area contributed by atoms with Crippen LogP contribution in [0.3, 0.4) is 0 Å². The molecule has 3 nitrogen and oxygen atoms in total. The van der Waals surface area contributed by atoms with Crippen molar-refractivity contribution in [3.63, 3.8) is 0 Å². The van der Waals surface area contributed by atoms with Crippen molar-refractivity contribution in [3.05, 3.63) is 28.2 Å². The zero-order chi connectivity index (χ0) is 12.1. The molecule has 1 rings (SSSR count). The Kier molecular flexibility index (Phi) is 5.25. The third-order valence-electron chi connectivity index (χ3n) is 2.27. The highest BCUT2D eigenvalue weighted by Crippen LogP contribution is 2.26. The molecule has 16 heavy (non-hydrogen) atoms. The molecule has 0 heterocycles. The highest BCUT2D eigenvalue weighted by molar-refractivity contribution is 9.10. The van der Waals surface area contributed by atoms with Crippen LogP contribution in [0.2, 0.25) is 0 Å². The van der Waals surface area contributed by atoms with Crippen LogP contribution < -0.4 is 10.5 Å². The fourth-order valence-corrected chi connectivity index (χ4v) is 2.03. The van der Waals surface area contributed by atoms with Crippen LogP contribution in [-0.4, -0.2) is 32.1 Å². The van der Waals surface area contributed by atoms with Gasteiger partial charge in [-0.15, -0.1) is 0 Å². The number of nitrogens with two attached hydrogens (primary N) is 1. The molecule has 0 fully saturated rings. The van der Waals surface area contributed by atoms with Gasteiger partial charge in [0.2, 0.25) is 0 Å². The van der Waals surface area contributed by atoms with E-state index in [0.717, 1.165) is 22.3 Å². The molecule has 0 amide bonds. The first kappa shape index (κ1) is 13.5. The molecule has 1 aromatic rings. The molecule has 0 spiro atoms. The lowest BCUT2D eigenvalue weighted by Crippen LogP contribution is -2.19. The number of likely N-dealkylation sites (N-methyl/N-ethyl adjacent to an activating group) is 1. The smallest absolute Gasteiger partial charge is 0.120 e. The highest BCUT2D eigenvalue weighted by atomic mass is 79.9. The second-order valence-corrected chi connectivity index (χ2v) is 4.98. The van der Waals surface area contributed by atoms with E-state index < -0.39 is 0 Å². The van der Waals surface area contributed by atoms with Gasteiger partial charge in [-0.1, -0.05) is 22.0 Å². The van der Waals surface area contributed by atoms with E-state index in [1.54, 1.807) is 0 Å². The van der Waals surface area contributed by atoms with Crippen LogP contribution >= 0.6 is 15.9 Å². The number of hydrogen-bond donors (Lipinski definition) is 1. The molecular weight excluding hydrogens is 268 g/mol. The molecule has 0 unspecified atom stereocenters. The Morgan fingerprint density at radius 2 is 2.12 bits per heavy atom. The van der Waals surface area contributed by atoms with Crippen molar-refractivity contribution in [3.8, 4) is 5.75 Å². The SMILES string of the molecule is C[C@@H](N)c1ccc(OCCN(C)C)cc1Br. The summed E-state index contributed by atoms with van der Waals surface area (Å²) in [5.74, 6) is 0.873. The zero-order valence-corrected chi connectivity index (χ0v) is 11.6. The molecule has 2 N–H and O–H groups in total. The summed E-state index contributed by atoms with van der Waals surface area (Å²) in [6, 6.07) is 5.96. The number of ether oxygens (including phenoxy) is 1. The van der Waals surface area contributed by atoms with Gasteiger partial charge >= 0.3 is 0 Å². The summed E-state index contributed by atoms with van der Waals surface area (Å²) in [6.45, 7) is 3.57. The lowest BCUT2D eigenvalue weighted by atomic mass is 10.1. The Labute approximate surface area is 106 Å². The number of benzene rings is 1. The second-order valence-electron chi connectivity index (χ2n) is 4.12. The maximum atomic E-state index is 5.83.